The van der Waals surface area contributed by atoms with E-state index in [4.69, 9.17) is 16.6 Å². The quantitative estimate of drug-likeness (QED) is 0.492. The van der Waals surface area contributed by atoms with E-state index >= 15 is 0 Å². The summed E-state index contributed by atoms with van der Waals surface area (Å²) in [6.45, 7) is 2.04. The first kappa shape index (κ1) is 16.1. The van der Waals surface area contributed by atoms with Crippen molar-refractivity contribution in [3.63, 3.8) is 0 Å². The molecule has 2 aromatic heterocycles. The predicted octanol–water partition coefficient (Wildman–Crippen LogP) is 4.80. The van der Waals surface area contributed by atoms with E-state index in [1.165, 1.54) is 16.7 Å². The van der Waals surface area contributed by atoms with E-state index in [-0.39, 0.29) is 5.91 Å². The van der Waals surface area contributed by atoms with Gasteiger partial charge in [0.1, 0.15) is 11.3 Å². The Hall–Kier alpha value is -2.44. The molecule has 0 bridgehead atoms. The van der Waals surface area contributed by atoms with E-state index in [2.05, 4.69) is 4.98 Å². The van der Waals surface area contributed by atoms with Gasteiger partial charge in [-0.1, -0.05) is 49.1 Å². The van der Waals surface area contributed by atoms with Crippen LogP contribution in [0, 0.1) is 0 Å². The van der Waals surface area contributed by atoms with Crippen molar-refractivity contribution in [2.75, 3.05) is 4.90 Å². The summed E-state index contributed by atoms with van der Waals surface area (Å²) in [4.78, 5) is 19.1. The van der Waals surface area contributed by atoms with Crippen LogP contribution < -0.4 is 4.90 Å². The van der Waals surface area contributed by atoms with Gasteiger partial charge in [-0.15, -0.1) is 0 Å². The van der Waals surface area contributed by atoms with Crippen LogP contribution in [0.5, 0.6) is 0 Å². The van der Waals surface area contributed by atoms with Crippen molar-refractivity contribution in [3.8, 4) is 0 Å². The number of hydrogen-bond acceptors (Lipinski definition) is 5. The number of fused-ring (bicyclic) bond motifs is 1. The summed E-state index contributed by atoms with van der Waals surface area (Å²) in [5.41, 5.74) is 2.46. The van der Waals surface area contributed by atoms with E-state index in [1.807, 2.05) is 43.3 Å². The minimum atomic E-state index is -0.129. The maximum absolute atomic E-state index is 12.9. The molecule has 0 radical (unpaired) electrons. The molecule has 4 nitrogen and oxygen atoms in total. The number of furan rings is 1. The zero-order valence-corrected chi connectivity index (χ0v) is 15.1. The molecule has 3 heterocycles. The van der Waals surface area contributed by atoms with Crippen molar-refractivity contribution in [3.05, 3.63) is 65.0 Å². The van der Waals surface area contributed by atoms with Crippen molar-refractivity contribution < 1.29 is 9.21 Å². The number of para-hydroxylation sites is 1. The van der Waals surface area contributed by atoms with Gasteiger partial charge in [0.15, 0.2) is 4.32 Å². The van der Waals surface area contributed by atoms with Gasteiger partial charge in [0.2, 0.25) is 0 Å². The average molecular weight is 366 g/mol. The van der Waals surface area contributed by atoms with E-state index < -0.39 is 0 Å². The molecular formula is C19H14N2O2S2. The Kier molecular flexibility index (Phi) is 4.15. The molecule has 1 aliphatic heterocycles. The lowest BCUT2D eigenvalue weighted by Crippen LogP contribution is -2.27. The summed E-state index contributed by atoms with van der Waals surface area (Å²) < 4.78 is 6.42. The fraction of sp³-hybridized carbons (Fsp3) is 0.105. The van der Waals surface area contributed by atoms with Crippen molar-refractivity contribution in [2.45, 2.75) is 13.3 Å². The molecule has 1 fully saturated rings. The molecule has 0 N–H and O–H groups in total. The summed E-state index contributed by atoms with van der Waals surface area (Å²) in [7, 11) is 0. The van der Waals surface area contributed by atoms with Gasteiger partial charge in [0, 0.05) is 23.6 Å². The van der Waals surface area contributed by atoms with Crippen LogP contribution >= 0.6 is 24.0 Å². The normalized spacial score (nSPS) is 16.4. The lowest BCUT2D eigenvalue weighted by molar-refractivity contribution is -0.113. The van der Waals surface area contributed by atoms with Gasteiger partial charge in [-0.2, -0.15) is 0 Å². The number of carbonyl (C=O) groups excluding carboxylic acids is 1. The third kappa shape index (κ3) is 2.77. The number of thiocarbonyl (C=S) groups is 1. The maximum atomic E-state index is 12.9. The van der Waals surface area contributed by atoms with Gasteiger partial charge in [-0.05, 0) is 24.3 Å². The number of aromatic nitrogens is 1. The third-order valence-electron chi connectivity index (χ3n) is 4.01. The van der Waals surface area contributed by atoms with Crippen molar-refractivity contribution >= 4 is 56.9 Å². The lowest BCUT2D eigenvalue weighted by atomic mass is 10.1. The van der Waals surface area contributed by atoms with Crippen LogP contribution in [0.4, 0.5) is 5.69 Å². The second kappa shape index (κ2) is 6.46. The zero-order valence-electron chi connectivity index (χ0n) is 13.4. The number of rotatable bonds is 3. The molecule has 0 aliphatic carbocycles. The van der Waals surface area contributed by atoms with Crippen molar-refractivity contribution in [1.29, 1.82) is 0 Å². The van der Waals surface area contributed by atoms with Gasteiger partial charge in [-0.3, -0.25) is 14.7 Å². The van der Waals surface area contributed by atoms with Gasteiger partial charge >= 0.3 is 0 Å². The molecule has 1 aromatic carbocycles. The van der Waals surface area contributed by atoms with Gasteiger partial charge in [0.05, 0.1) is 16.8 Å². The Morgan fingerprint density at radius 3 is 2.88 bits per heavy atom. The van der Waals surface area contributed by atoms with Crippen LogP contribution in [-0.4, -0.2) is 15.2 Å². The molecule has 0 spiro atoms. The van der Waals surface area contributed by atoms with Crippen LogP contribution in [0.2, 0.25) is 0 Å². The van der Waals surface area contributed by atoms with Crippen LogP contribution in [0.15, 0.2) is 58.1 Å². The van der Waals surface area contributed by atoms with Crippen molar-refractivity contribution in [2.24, 2.45) is 0 Å². The number of nitrogens with zero attached hydrogens (tertiary/aromatic N) is 2. The number of anilines is 1. The summed E-state index contributed by atoms with van der Waals surface area (Å²) >= 11 is 6.71. The number of thioether (sulfide) groups is 1. The van der Waals surface area contributed by atoms with Gasteiger partial charge in [0.25, 0.3) is 5.91 Å². The zero-order chi connectivity index (χ0) is 17.4. The smallest absolute Gasteiger partial charge is 0.270 e. The molecule has 6 heteroatoms. The Balaban J connectivity index is 1.78. The fourth-order valence-electron chi connectivity index (χ4n) is 2.84. The Morgan fingerprint density at radius 1 is 1.28 bits per heavy atom. The van der Waals surface area contributed by atoms with Gasteiger partial charge in [-0.25, -0.2) is 0 Å². The molecule has 3 aromatic rings. The van der Waals surface area contributed by atoms with Crippen LogP contribution in [0.1, 0.15) is 18.2 Å². The van der Waals surface area contributed by atoms with E-state index in [1.54, 1.807) is 18.5 Å². The standard InChI is InChI=1S/C19H14N2O2S2/c1-2-15-14(13-7-3-4-8-16(13)23-15)10-17-18(22)21(19(24)25-17)12-6-5-9-20-11-12/h3-11H,2H2,1H3/b17-10-. The highest BCUT2D eigenvalue weighted by molar-refractivity contribution is 8.27. The fourth-order valence-corrected chi connectivity index (χ4v) is 4.13. The number of benzene rings is 1. The number of amides is 1. The molecule has 25 heavy (non-hydrogen) atoms. The summed E-state index contributed by atoms with van der Waals surface area (Å²) in [6.07, 6.45) is 5.95. The third-order valence-corrected chi connectivity index (χ3v) is 5.31. The predicted molar refractivity (Wildman–Crippen MR) is 105 cm³/mol. The van der Waals surface area contributed by atoms with Crippen LogP contribution in [-0.2, 0) is 11.2 Å². The first-order valence-electron chi connectivity index (χ1n) is 7.87. The highest BCUT2D eigenvalue weighted by Crippen LogP contribution is 2.37. The molecule has 1 amide bonds. The molecule has 124 valence electrons. The van der Waals surface area contributed by atoms with Crippen LogP contribution in [0.3, 0.4) is 0 Å². The number of carbonyl (C=O) groups is 1. The topological polar surface area (TPSA) is 46.3 Å². The number of hydrogen-bond donors (Lipinski definition) is 0. The second-order valence-corrected chi connectivity index (χ2v) is 7.19. The monoisotopic (exact) mass is 366 g/mol. The summed E-state index contributed by atoms with van der Waals surface area (Å²) in [5, 5.41) is 1.01. The van der Waals surface area contributed by atoms with Crippen LogP contribution in [0.25, 0.3) is 17.0 Å². The Morgan fingerprint density at radius 2 is 2.12 bits per heavy atom. The first-order chi connectivity index (χ1) is 12.2. The van der Waals surface area contributed by atoms with E-state index in [0.717, 1.165) is 28.7 Å². The highest BCUT2D eigenvalue weighted by atomic mass is 32.2. The SMILES string of the molecule is CCc1oc2ccccc2c1/C=C1\SC(=S)N(c2cccnc2)C1=O. The van der Waals surface area contributed by atoms with Crippen molar-refractivity contribution in [1.82, 2.24) is 4.98 Å². The van der Waals surface area contributed by atoms with E-state index in [9.17, 15) is 4.79 Å². The first-order valence-corrected chi connectivity index (χ1v) is 9.10. The molecule has 0 saturated carbocycles. The average Bonchev–Trinajstić information content (AvgIpc) is 3.13. The Labute approximate surface area is 154 Å². The highest BCUT2D eigenvalue weighted by Gasteiger charge is 2.33. The summed E-state index contributed by atoms with van der Waals surface area (Å²) in [5.74, 6) is 0.739. The number of pyridine rings is 1. The van der Waals surface area contributed by atoms with E-state index in [0.29, 0.717) is 14.9 Å². The lowest BCUT2D eigenvalue weighted by Gasteiger charge is -2.13. The molecular weight excluding hydrogens is 352 g/mol. The summed E-state index contributed by atoms with van der Waals surface area (Å²) in [6, 6.07) is 11.5. The minimum absolute atomic E-state index is 0.129. The largest absolute Gasteiger partial charge is 0.460 e. The molecule has 1 saturated heterocycles. The molecule has 0 unspecified atom stereocenters. The maximum Gasteiger partial charge on any atom is 0.270 e. The molecule has 0 atom stereocenters. The Bertz CT molecular complexity index is 1010. The minimum Gasteiger partial charge on any atom is -0.460 e. The molecule has 1 aliphatic rings. The van der Waals surface area contributed by atoms with Gasteiger partial charge < -0.3 is 4.42 Å². The molecule has 4 rings (SSSR count). The number of aryl methyl sites for hydroxylation is 1. The second-order valence-electron chi connectivity index (χ2n) is 5.52.